The summed E-state index contributed by atoms with van der Waals surface area (Å²) in [5.74, 6) is -0.666. The maximum Gasteiger partial charge on any atom is 0.262 e. The van der Waals surface area contributed by atoms with Crippen molar-refractivity contribution >= 4 is 31.4 Å². The first-order chi connectivity index (χ1) is 12.1. The second-order valence-corrected chi connectivity index (χ2v) is 9.83. The molecule has 1 aliphatic carbocycles. The second kappa shape index (κ2) is 6.55. The van der Waals surface area contributed by atoms with E-state index in [4.69, 9.17) is 0 Å². The summed E-state index contributed by atoms with van der Waals surface area (Å²) in [5.41, 5.74) is 0.541. The minimum atomic E-state index is -4.01. The van der Waals surface area contributed by atoms with Gasteiger partial charge in [0, 0.05) is 12.1 Å². The first kappa shape index (κ1) is 18.7. The number of anilines is 2. The lowest BCUT2D eigenvalue weighted by atomic mass is 10.2. The molecule has 0 unspecified atom stereocenters. The van der Waals surface area contributed by atoms with Crippen molar-refractivity contribution in [2.75, 3.05) is 15.3 Å². The van der Waals surface area contributed by atoms with E-state index >= 15 is 0 Å². The average Bonchev–Trinajstić information content (AvgIpc) is 3.33. The number of rotatable bonds is 6. The SMILES string of the molecule is Cc1ccccc1S(=O)(=O)Nc1cc(F)ccc1N(C1CC1)S(C)(=O)=O. The van der Waals surface area contributed by atoms with Gasteiger partial charge < -0.3 is 0 Å². The topological polar surface area (TPSA) is 83.6 Å². The predicted octanol–water partition coefficient (Wildman–Crippen LogP) is 2.86. The minimum absolute atomic E-state index is 0.0486. The van der Waals surface area contributed by atoms with Crippen molar-refractivity contribution in [3.8, 4) is 0 Å². The maximum absolute atomic E-state index is 13.8. The van der Waals surface area contributed by atoms with Gasteiger partial charge in [-0.3, -0.25) is 9.03 Å². The molecule has 0 aliphatic heterocycles. The Hall–Kier alpha value is -2.13. The van der Waals surface area contributed by atoms with Crippen LogP contribution in [0.2, 0.25) is 0 Å². The highest BCUT2D eigenvalue weighted by atomic mass is 32.2. The van der Waals surface area contributed by atoms with Crippen molar-refractivity contribution in [2.45, 2.75) is 30.7 Å². The molecule has 140 valence electrons. The number of hydrogen-bond acceptors (Lipinski definition) is 4. The summed E-state index contributed by atoms with van der Waals surface area (Å²) in [7, 11) is -7.65. The van der Waals surface area contributed by atoms with Gasteiger partial charge in [0.1, 0.15) is 5.82 Å². The van der Waals surface area contributed by atoms with Crippen molar-refractivity contribution in [3.63, 3.8) is 0 Å². The smallest absolute Gasteiger partial charge is 0.262 e. The summed E-state index contributed by atoms with van der Waals surface area (Å²) in [4.78, 5) is 0.0486. The Bertz CT molecular complexity index is 1050. The maximum atomic E-state index is 13.8. The Kier molecular flexibility index (Phi) is 4.70. The quantitative estimate of drug-likeness (QED) is 0.811. The summed E-state index contributed by atoms with van der Waals surface area (Å²) in [6.07, 6.45) is 2.40. The van der Waals surface area contributed by atoms with Crippen molar-refractivity contribution < 1.29 is 21.2 Å². The zero-order valence-corrected chi connectivity index (χ0v) is 15.9. The Morgan fingerprint density at radius 2 is 1.73 bits per heavy atom. The molecule has 2 aromatic carbocycles. The molecule has 0 amide bonds. The van der Waals surface area contributed by atoms with Crippen LogP contribution >= 0.6 is 0 Å². The highest BCUT2D eigenvalue weighted by molar-refractivity contribution is 7.93. The van der Waals surface area contributed by atoms with E-state index in [0.29, 0.717) is 18.4 Å². The molecule has 0 heterocycles. The fourth-order valence-corrected chi connectivity index (χ4v) is 5.38. The Morgan fingerprint density at radius 3 is 2.31 bits per heavy atom. The predicted molar refractivity (Wildman–Crippen MR) is 98.7 cm³/mol. The third kappa shape index (κ3) is 3.83. The van der Waals surface area contributed by atoms with Gasteiger partial charge in [-0.05, 0) is 43.5 Å². The molecule has 1 fully saturated rings. The lowest BCUT2D eigenvalue weighted by Gasteiger charge is -2.25. The fourth-order valence-electron chi connectivity index (χ4n) is 2.80. The standard InChI is InChI=1S/C17H19FN2O4S2/c1-12-5-3-4-6-17(12)26(23,24)19-15-11-13(18)7-10-16(15)20(14-8-9-14)25(2,21)22/h3-7,10-11,14,19H,8-9H2,1-2H3. The van der Waals surface area contributed by atoms with Crippen LogP contribution in [0, 0.1) is 12.7 Å². The van der Waals surface area contributed by atoms with Crippen LogP contribution in [0.1, 0.15) is 18.4 Å². The lowest BCUT2D eigenvalue weighted by Crippen LogP contribution is -2.33. The van der Waals surface area contributed by atoms with E-state index in [1.807, 2.05) is 0 Å². The van der Waals surface area contributed by atoms with Crippen molar-refractivity contribution in [2.24, 2.45) is 0 Å². The van der Waals surface area contributed by atoms with Crippen molar-refractivity contribution in [3.05, 3.63) is 53.8 Å². The number of halogens is 1. The van der Waals surface area contributed by atoms with Gasteiger partial charge in [-0.15, -0.1) is 0 Å². The largest absolute Gasteiger partial charge is 0.277 e. The van der Waals surface area contributed by atoms with E-state index in [0.717, 1.165) is 22.7 Å². The van der Waals surface area contributed by atoms with Crippen molar-refractivity contribution in [1.82, 2.24) is 0 Å². The van der Waals surface area contributed by atoms with Crippen LogP contribution < -0.4 is 9.03 Å². The molecule has 0 bridgehead atoms. The van der Waals surface area contributed by atoms with Gasteiger partial charge in [0.2, 0.25) is 10.0 Å². The van der Waals surface area contributed by atoms with Crippen molar-refractivity contribution in [1.29, 1.82) is 0 Å². The van der Waals surface area contributed by atoms with Crippen LogP contribution in [0.25, 0.3) is 0 Å². The monoisotopic (exact) mass is 398 g/mol. The van der Waals surface area contributed by atoms with Gasteiger partial charge in [-0.2, -0.15) is 0 Å². The molecule has 0 radical (unpaired) electrons. The summed E-state index contributed by atoms with van der Waals surface area (Å²) >= 11 is 0. The van der Waals surface area contributed by atoms with Crippen LogP contribution in [0.15, 0.2) is 47.4 Å². The Balaban J connectivity index is 2.08. The van der Waals surface area contributed by atoms with E-state index < -0.39 is 25.9 Å². The Morgan fingerprint density at radius 1 is 1.08 bits per heavy atom. The molecule has 3 rings (SSSR count). The minimum Gasteiger partial charge on any atom is -0.277 e. The molecule has 0 atom stereocenters. The third-order valence-corrected chi connectivity index (χ3v) is 6.79. The zero-order valence-electron chi connectivity index (χ0n) is 14.3. The average molecular weight is 398 g/mol. The molecule has 6 nitrogen and oxygen atoms in total. The molecule has 1 saturated carbocycles. The highest BCUT2D eigenvalue weighted by Crippen LogP contribution is 2.39. The second-order valence-electron chi connectivity index (χ2n) is 6.32. The zero-order chi connectivity index (χ0) is 19.1. The Labute approximate surface area is 152 Å². The van der Waals surface area contributed by atoms with Crippen LogP contribution in [0.3, 0.4) is 0 Å². The molecule has 1 aliphatic rings. The van der Waals surface area contributed by atoms with Crippen LogP contribution in [0.4, 0.5) is 15.8 Å². The summed E-state index contributed by atoms with van der Waals surface area (Å²) in [6, 6.07) is 9.52. The van der Waals surface area contributed by atoms with Gasteiger partial charge >= 0.3 is 0 Å². The molecular weight excluding hydrogens is 379 g/mol. The molecule has 0 spiro atoms. The van der Waals surface area contributed by atoms with Gasteiger partial charge in [-0.25, -0.2) is 21.2 Å². The van der Waals surface area contributed by atoms with Gasteiger partial charge in [0.25, 0.3) is 10.0 Å². The third-order valence-electron chi connectivity index (χ3n) is 4.06. The molecular formula is C17H19FN2O4S2. The van der Waals surface area contributed by atoms with E-state index in [1.165, 1.54) is 12.1 Å². The molecule has 2 aromatic rings. The normalized spacial score (nSPS) is 14.9. The number of aryl methyl sites for hydroxylation is 1. The van der Waals surface area contributed by atoms with Crippen LogP contribution in [-0.4, -0.2) is 29.1 Å². The van der Waals surface area contributed by atoms with E-state index in [9.17, 15) is 21.2 Å². The van der Waals surface area contributed by atoms with E-state index in [2.05, 4.69) is 4.72 Å². The van der Waals surface area contributed by atoms with E-state index in [-0.39, 0.29) is 22.3 Å². The van der Waals surface area contributed by atoms with Gasteiger partial charge in [-0.1, -0.05) is 18.2 Å². The summed E-state index contributed by atoms with van der Waals surface area (Å²) in [5, 5.41) is 0. The lowest BCUT2D eigenvalue weighted by molar-refractivity contribution is 0.594. The summed E-state index contributed by atoms with van der Waals surface area (Å²) in [6.45, 7) is 1.65. The van der Waals surface area contributed by atoms with E-state index in [1.54, 1.807) is 25.1 Å². The number of sulfonamides is 2. The first-order valence-electron chi connectivity index (χ1n) is 7.97. The number of nitrogens with one attached hydrogen (secondary N) is 1. The molecule has 1 N–H and O–H groups in total. The summed E-state index contributed by atoms with van der Waals surface area (Å²) < 4.78 is 67.2. The number of benzene rings is 2. The molecule has 0 aromatic heterocycles. The highest BCUT2D eigenvalue weighted by Gasteiger charge is 2.37. The van der Waals surface area contributed by atoms with Crippen LogP contribution in [0.5, 0.6) is 0 Å². The first-order valence-corrected chi connectivity index (χ1v) is 11.3. The van der Waals surface area contributed by atoms with Gasteiger partial charge in [0.05, 0.1) is 22.5 Å². The fraction of sp³-hybridized carbons (Fsp3) is 0.294. The molecule has 0 saturated heterocycles. The number of nitrogens with zero attached hydrogens (tertiary/aromatic N) is 1. The van der Waals surface area contributed by atoms with Gasteiger partial charge in [0.15, 0.2) is 0 Å². The molecule has 9 heteroatoms. The molecule has 26 heavy (non-hydrogen) atoms. The van der Waals surface area contributed by atoms with Crippen LogP contribution in [-0.2, 0) is 20.0 Å². The number of hydrogen-bond donors (Lipinski definition) is 1.